The normalized spacial score (nSPS) is 17.8. The van der Waals surface area contributed by atoms with Crippen LogP contribution in [0.4, 0.5) is 17.3 Å². The molecule has 0 bridgehead atoms. The lowest BCUT2D eigenvalue weighted by atomic mass is 10.1. The molecule has 1 unspecified atom stereocenters. The Morgan fingerprint density at radius 3 is 2.83 bits per heavy atom. The summed E-state index contributed by atoms with van der Waals surface area (Å²) in [5.74, 6) is 1.59. The molecule has 29 heavy (non-hydrogen) atoms. The van der Waals surface area contributed by atoms with Gasteiger partial charge in [-0.15, -0.1) is 0 Å². The van der Waals surface area contributed by atoms with Crippen LogP contribution in [0.3, 0.4) is 0 Å². The maximum atomic E-state index is 12.5. The molecule has 3 heterocycles. The molecular formula is C21H23N7O. The number of aromatic nitrogens is 4. The van der Waals surface area contributed by atoms with Crippen molar-refractivity contribution in [3.8, 4) is 6.07 Å². The van der Waals surface area contributed by atoms with Crippen LogP contribution < -0.4 is 10.2 Å². The number of carbonyl (C=O) groups excluding carboxylic acids is 1. The van der Waals surface area contributed by atoms with E-state index in [1.54, 1.807) is 18.6 Å². The standard InChI is InChI=1S/C21H23N7O/c1-5-13-7-14(9-22)23-10-17(13)28(4)18-8-16-19(24-11-27(16)3)20(25-18)26-21(29)15-6-12(15)2/h7-8,10-12,15H,5-6H2,1-4H3,(H,25,26,29)/t12?,15-/m0/s1. The smallest absolute Gasteiger partial charge is 0.228 e. The minimum atomic E-state index is -0.00829. The van der Waals surface area contributed by atoms with E-state index < -0.39 is 0 Å². The molecule has 3 aromatic heterocycles. The van der Waals surface area contributed by atoms with E-state index in [-0.39, 0.29) is 11.8 Å². The third kappa shape index (κ3) is 3.40. The van der Waals surface area contributed by atoms with E-state index >= 15 is 0 Å². The SMILES string of the molecule is CCc1cc(C#N)ncc1N(C)c1cc2c(ncn2C)c(NC(=O)[C@H]2CC2C)n1. The van der Waals surface area contributed by atoms with Crippen LogP contribution >= 0.6 is 0 Å². The number of hydrogen-bond acceptors (Lipinski definition) is 6. The zero-order valence-corrected chi connectivity index (χ0v) is 17.0. The number of nitrogens with zero attached hydrogens (tertiary/aromatic N) is 6. The van der Waals surface area contributed by atoms with Gasteiger partial charge in [0.1, 0.15) is 23.1 Å². The van der Waals surface area contributed by atoms with Crippen molar-refractivity contribution in [2.24, 2.45) is 18.9 Å². The molecule has 3 aromatic rings. The summed E-state index contributed by atoms with van der Waals surface area (Å²) in [6.45, 7) is 4.11. The van der Waals surface area contributed by atoms with Gasteiger partial charge < -0.3 is 14.8 Å². The van der Waals surface area contributed by atoms with E-state index in [9.17, 15) is 4.79 Å². The third-order valence-electron chi connectivity index (χ3n) is 5.55. The Morgan fingerprint density at radius 1 is 1.41 bits per heavy atom. The molecule has 0 aliphatic heterocycles. The van der Waals surface area contributed by atoms with Crippen molar-refractivity contribution in [1.29, 1.82) is 5.26 Å². The topological polar surface area (TPSA) is 99.7 Å². The fourth-order valence-electron chi connectivity index (χ4n) is 3.53. The van der Waals surface area contributed by atoms with Crippen molar-refractivity contribution < 1.29 is 4.79 Å². The van der Waals surface area contributed by atoms with E-state index in [1.165, 1.54) is 0 Å². The summed E-state index contributed by atoms with van der Waals surface area (Å²) >= 11 is 0. The molecule has 4 rings (SSSR count). The first-order valence-corrected chi connectivity index (χ1v) is 9.68. The maximum absolute atomic E-state index is 12.5. The number of pyridine rings is 2. The molecule has 8 nitrogen and oxygen atoms in total. The number of nitrogens with one attached hydrogen (secondary N) is 1. The quantitative estimate of drug-likeness (QED) is 0.719. The number of carbonyl (C=O) groups is 1. The highest BCUT2D eigenvalue weighted by atomic mass is 16.2. The molecule has 0 saturated heterocycles. The van der Waals surface area contributed by atoms with E-state index in [0.29, 0.717) is 28.8 Å². The summed E-state index contributed by atoms with van der Waals surface area (Å²) in [6.07, 6.45) is 5.07. The summed E-state index contributed by atoms with van der Waals surface area (Å²) in [5, 5.41) is 12.1. The van der Waals surface area contributed by atoms with Gasteiger partial charge in [-0.1, -0.05) is 13.8 Å². The first-order valence-electron chi connectivity index (χ1n) is 9.68. The number of aryl methyl sites for hydroxylation is 2. The van der Waals surface area contributed by atoms with Crippen LogP contribution in [0.5, 0.6) is 0 Å². The first kappa shape index (κ1) is 18.9. The van der Waals surface area contributed by atoms with Gasteiger partial charge in [-0.05, 0) is 30.4 Å². The third-order valence-corrected chi connectivity index (χ3v) is 5.55. The Bertz CT molecular complexity index is 1140. The zero-order chi connectivity index (χ0) is 20.7. The summed E-state index contributed by atoms with van der Waals surface area (Å²) in [5.41, 5.74) is 3.80. The molecule has 2 atom stereocenters. The number of anilines is 3. The monoisotopic (exact) mass is 389 g/mol. The first-order chi connectivity index (χ1) is 13.9. The Morgan fingerprint density at radius 2 is 2.17 bits per heavy atom. The number of imidazole rings is 1. The van der Waals surface area contributed by atoms with E-state index in [1.807, 2.05) is 36.6 Å². The molecular weight excluding hydrogens is 366 g/mol. The lowest BCUT2D eigenvalue weighted by Crippen LogP contribution is -2.18. The molecule has 148 valence electrons. The number of hydrogen-bond donors (Lipinski definition) is 1. The summed E-state index contributed by atoms with van der Waals surface area (Å²) < 4.78 is 1.90. The molecule has 1 saturated carbocycles. The molecule has 1 amide bonds. The van der Waals surface area contributed by atoms with Crippen LogP contribution in [-0.4, -0.2) is 32.5 Å². The number of amides is 1. The van der Waals surface area contributed by atoms with Crippen LogP contribution in [0.1, 0.15) is 31.5 Å². The van der Waals surface area contributed by atoms with Crippen LogP contribution in [-0.2, 0) is 18.3 Å². The fraction of sp³-hybridized carbons (Fsp3) is 0.381. The van der Waals surface area contributed by atoms with Gasteiger partial charge in [0.05, 0.1) is 23.7 Å². The Hall–Kier alpha value is -3.47. The highest BCUT2D eigenvalue weighted by molar-refractivity contribution is 6.00. The average Bonchev–Trinajstić information content (AvgIpc) is 3.36. The highest BCUT2D eigenvalue weighted by Gasteiger charge is 2.39. The van der Waals surface area contributed by atoms with E-state index in [4.69, 9.17) is 10.2 Å². The van der Waals surface area contributed by atoms with Gasteiger partial charge >= 0.3 is 0 Å². The van der Waals surface area contributed by atoms with Crippen LogP contribution in [0.2, 0.25) is 0 Å². The minimum absolute atomic E-state index is 0.00829. The summed E-state index contributed by atoms with van der Waals surface area (Å²) in [4.78, 5) is 27.8. The predicted molar refractivity (Wildman–Crippen MR) is 111 cm³/mol. The molecule has 1 N–H and O–H groups in total. The van der Waals surface area contributed by atoms with Gasteiger partial charge in [-0.2, -0.15) is 5.26 Å². The molecule has 1 aliphatic rings. The second-order valence-corrected chi connectivity index (χ2v) is 7.58. The minimum Gasteiger partial charge on any atom is -0.334 e. The van der Waals surface area contributed by atoms with Gasteiger partial charge in [0, 0.05) is 26.1 Å². The van der Waals surface area contributed by atoms with Gasteiger partial charge in [-0.25, -0.2) is 15.0 Å². The second kappa shape index (κ2) is 7.17. The van der Waals surface area contributed by atoms with E-state index in [2.05, 4.69) is 28.3 Å². The largest absolute Gasteiger partial charge is 0.334 e. The molecule has 0 spiro atoms. The van der Waals surface area contributed by atoms with Gasteiger partial charge in [0.2, 0.25) is 5.91 Å². The van der Waals surface area contributed by atoms with Crippen LogP contribution in [0, 0.1) is 23.2 Å². The van der Waals surface area contributed by atoms with Gasteiger partial charge in [0.15, 0.2) is 5.82 Å². The van der Waals surface area contributed by atoms with Crippen molar-refractivity contribution in [2.75, 3.05) is 17.3 Å². The number of fused-ring (bicyclic) bond motifs is 1. The van der Waals surface area contributed by atoms with Gasteiger partial charge in [0.25, 0.3) is 0 Å². The Labute approximate surface area is 169 Å². The lowest BCUT2D eigenvalue weighted by molar-refractivity contribution is -0.117. The molecule has 0 aromatic carbocycles. The lowest BCUT2D eigenvalue weighted by Gasteiger charge is -2.22. The highest BCUT2D eigenvalue weighted by Crippen LogP contribution is 2.39. The summed E-state index contributed by atoms with van der Waals surface area (Å²) in [6, 6.07) is 5.82. The van der Waals surface area contributed by atoms with Crippen molar-refractivity contribution in [3.63, 3.8) is 0 Å². The van der Waals surface area contributed by atoms with Crippen molar-refractivity contribution in [3.05, 3.63) is 35.9 Å². The van der Waals surface area contributed by atoms with Crippen molar-refractivity contribution >= 4 is 34.3 Å². The predicted octanol–water partition coefficient (Wildman–Crippen LogP) is 3.16. The average molecular weight is 389 g/mol. The zero-order valence-electron chi connectivity index (χ0n) is 17.0. The summed E-state index contributed by atoms with van der Waals surface area (Å²) in [7, 11) is 3.82. The number of rotatable bonds is 5. The van der Waals surface area contributed by atoms with Gasteiger partial charge in [-0.3, -0.25) is 4.79 Å². The maximum Gasteiger partial charge on any atom is 0.228 e. The van der Waals surface area contributed by atoms with Crippen LogP contribution in [0.25, 0.3) is 11.0 Å². The Kier molecular flexibility index (Phi) is 4.66. The Balaban J connectivity index is 1.76. The van der Waals surface area contributed by atoms with Crippen molar-refractivity contribution in [1.82, 2.24) is 19.5 Å². The second-order valence-electron chi connectivity index (χ2n) is 7.58. The molecule has 1 fully saturated rings. The number of nitriles is 1. The fourth-order valence-corrected chi connectivity index (χ4v) is 3.53. The van der Waals surface area contributed by atoms with Crippen molar-refractivity contribution in [2.45, 2.75) is 26.7 Å². The molecule has 0 radical (unpaired) electrons. The molecule has 1 aliphatic carbocycles. The van der Waals surface area contributed by atoms with E-state index in [0.717, 1.165) is 29.6 Å². The molecule has 8 heteroatoms. The van der Waals surface area contributed by atoms with Crippen LogP contribution in [0.15, 0.2) is 24.7 Å².